The monoisotopic (exact) mass is 261 g/mol. The molecule has 1 rings (SSSR count). The fraction of sp³-hybridized carbons (Fsp3) is 0.273. The largest absolute Gasteiger partial charge is 0.497 e. The summed E-state index contributed by atoms with van der Waals surface area (Å²) in [6, 6.07) is 4.04. The molecule has 0 aliphatic rings. The van der Waals surface area contributed by atoms with Gasteiger partial charge in [-0.1, -0.05) is 0 Å². The van der Waals surface area contributed by atoms with Gasteiger partial charge in [0, 0.05) is 5.56 Å². The van der Waals surface area contributed by atoms with Gasteiger partial charge >= 0.3 is 6.18 Å². The number of carbonyl (C=O) groups excluding carboxylic acids is 2. The van der Waals surface area contributed by atoms with Crippen LogP contribution in [0.5, 0.6) is 5.75 Å². The molecule has 0 aliphatic heterocycles. The lowest BCUT2D eigenvalue weighted by Gasteiger charge is -2.10. The first kappa shape index (κ1) is 14.0. The number of hydrogen-bond acceptors (Lipinski definition) is 3. The average molecular weight is 261 g/mol. The van der Waals surface area contributed by atoms with Crippen LogP contribution in [0.1, 0.15) is 16.8 Å². The van der Waals surface area contributed by atoms with E-state index in [9.17, 15) is 22.8 Å². The quantitative estimate of drug-likeness (QED) is 0.847. The van der Waals surface area contributed by atoms with Gasteiger partial charge in [-0.3, -0.25) is 9.59 Å². The van der Waals surface area contributed by atoms with E-state index in [1.54, 1.807) is 0 Å². The Morgan fingerprint density at radius 3 is 2.61 bits per heavy atom. The highest BCUT2D eigenvalue weighted by molar-refractivity contribution is 5.96. The van der Waals surface area contributed by atoms with Gasteiger partial charge in [-0.25, -0.2) is 0 Å². The van der Waals surface area contributed by atoms with Crippen molar-refractivity contribution in [2.24, 2.45) is 0 Å². The number of rotatable bonds is 4. The molecule has 1 aromatic rings. The fourth-order valence-electron chi connectivity index (χ4n) is 1.26. The maximum atomic E-state index is 12.0. The molecule has 98 valence electrons. The molecule has 0 radical (unpaired) electrons. The van der Waals surface area contributed by atoms with Crippen molar-refractivity contribution in [2.45, 2.75) is 12.6 Å². The van der Waals surface area contributed by atoms with E-state index in [2.05, 4.69) is 0 Å². The number of benzene rings is 1. The first-order valence-electron chi connectivity index (χ1n) is 4.85. The van der Waals surface area contributed by atoms with Gasteiger partial charge in [-0.2, -0.15) is 13.2 Å². The molecule has 0 aliphatic carbocycles. The molecule has 1 amide bonds. The molecule has 0 atom stereocenters. The van der Waals surface area contributed by atoms with Crippen LogP contribution in [0.4, 0.5) is 18.9 Å². The maximum Gasteiger partial charge on any atom is 0.397 e. The number of carbonyl (C=O) groups is 2. The molecule has 1 N–H and O–H groups in total. The number of halogens is 3. The van der Waals surface area contributed by atoms with Crippen molar-refractivity contribution < 1.29 is 27.5 Å². The molecule has 7 heteroatoms. The minimum Gasteiger partial charge on any atom is -0.497 e. The molecule has 0 unspecified atom stereocenters. The van der Waals surface area contributed by atoms with Crippen LogP contribution < -0.4 is 10.1 Å². The fourth-order valence-corrected chi connectivity index (χ4v) is 1.26. The van der Waals surface area contributed by atoms with Crippen molar-refractivity contribution in [1.29, 1.82) is 0 Å². The van der Waals surface area contributed by atoms with E-state index >= 15 is 0 Å². The van der Waals surface area contributed by atoms with Crippen molar-refractivity contribution >= 4 is 17.9 Å². The number of hydrogen-bond donors (Lipinski definition) is 1. The van der Waals surface area contributed by atoms with Crippen LogP contribution in [-0.2, 0) is 4.79 Å². The van der Waals surface area contributed by atoms with Crippen LogP contribution in [0, 0.1) is 0 Å². The second-order valence-electron chi connectivity index (χ2n) is 3.41. The van der Waals surface area contributed by atoms with Gasteiger partial charge in [-0.05, 0) is 18.2 Å². The molecule has 0 aromatic heterocycles. The predicted molar refractivity (Wildman–Crippen MR) is 57.7 cm³/mol. The molecule has 0 heterocycles. The molecule has 0 fully saturated rings. The van der Waals surface area contributed by atoms with Crippen LogP contribution in [0.2, 0.25) is 0 Å². The van der Waals surface area contributed by atoms with E-state index in [0.29, 0.717) is 12.0 Å². The predicted octanol–water partition coefficient (Wildman–Crippen LogP) is 2.40. The minimum absolute atomic E-state index is 0.0139. The van der Waals surface area contributed by atoms with E-state index in [1.807, 2.05) is 5.32 Å². The van der Waals surface area contributed by atoms with Crippen molar-refractivity contribution in [1.82, 2.24) is 0 Å². The van der Waals surface area contributed by atoms with Crippen molar-refractivity contribution in [3.05, 3.63) is 23.8 Å². The van der Waals surface area contributed by atoms with Crippen LogP contribution >= 0.6 is 0 Å². The minimum atomic E-state index is -4.59. The van der Waals surface area contributed by atoms with Crippen molar-refractivity contribution in [3.63, 3.8) is 0 Å². The van der Waals surface area contributed by atoms with Gasteiger partial charge in [0.15, 0.2) is 6.29 Å². The number of ether oxygens (including phenoxy) is 1. The smallest absolute Gasteiger partial charge is 0.397 e. The zero-order valence-corrected chi connectivity index (χ0v) is 9.38. The first-order chi connectivity index (χ1) is 8.35. The normalized spacial score (nSPS) is 10.9. The van der Waals surface area contributed by atoms with E-state index in [-0.39, 0.29) is 11.3 Å². The molecule has 0 saturated heterocycles. The standard InChI is InChI=1S/C11H10F3NO3/c1-18-8-2-3-9(7(4-8)6-16)15-10(17)5-11(12,13)14/h2-4,6H,5H2,1H3,(H,15,17). The SMILES string of the molecule is COc1ccc(NC(=O)CC(F)(F)F)c(C=O)c1. The van der Waals surface area contributed by atoms with Gasteiger partial charge in [-0.15, -0.1) is 0 Å². The Hall–Kier alpha value is -2.05. The summed E-state index contributed by atoms with van der Waals surface area (Å²) in [7, 11) is 1.38. The lowest BCUT2D eigenvalue weighted by molar-refractivity contribution is -0.150. The van der Waals surface area contributed by atoms with Gasteiger partial charge in [0.2, 0.25) is 5.91 Å². The second-order valence-corrected chi connectivity index (χ2v) is 3.41. The van der Waals surface area contributed by atoms with E-state index in [1.165, 1.54) is 25.3 Å². The number of aldehydes is 1. The van der Waals surface area contributed by atoms with E-state index in [0.717, 1.165) is 0 Å². The van der Waals surface area contributed by atoms with E-state index < -0.39 is 18.5 Å². The average Bonchev–Trinajstić information content (AvgIpc) is 2.27. The molecule has 1 aromatic carbocycles. The highest BCUT2D eigenvalue weighted by Crippen LogP contribution is 2.23. The number of alkyl halides is 3. The summed E-state index contributed by atoms with van der Waals surface area (Å²) in [4.78, 5) is 21.8. The van der Waals surface area contributed by atoms with Gasteiger partial charge in [0.1, 0.15) is 12.2 Å². The Bertz CT molecular complexity index is 457. The molecule has 0 spiro atoms. The number of anilines is 1. The van der Waals surface area contributed by atoms with E-state index in [4.69, 9.17) is 4.74 Å². The Labute approximate surface area is 101 Å². The summed E-state index contributed by atoms with van der Waals surface area (Å²) in [5.41, 5.74) is 0.0601. The second kappa shape index (κ2) is 5.52. The van der Waals surface area contributed by atoms with Crippen LogP contribution in [0.3, 0.4) is 0 Å². The molecule has 0 bridgehead atoms. The van der Waals surface area contributed by atoms with Crippen LogP contribution in [0.25, 0.3) is 0 Å². The Balaban J connectivity index is 2.84. The summed E-state index contributed by atoms with van der Waals surface area (Å²) in [6.45, 7) is 0. The molecular formula is C11H10F3NO3. The van der Waals surface area contributed by atoms with Crippen molar-refractivity contribution in [2.75, 3.05) is 12.4 Å². The first-order valence-corrected chi connectivity index (χ1v) is 4.85. The lowest BCUT2D eigenvalue weighted by Crippen LogP contribution is -2.21. The Morgan fingerprint density at radius 2 is 2.11 bits per heavy atom. The van der Waals surface area contributed by atoms with Gasteiger partial charge in [0.05, 0.1) is 12.8 Å². The van der Waals surface area contributed by atoms with Gasteiger partial charge < -0.3 is 10.1 Å². The Morgan fingerprint density at radius 1 is 1.44 bits per heavy atom. The summed E-state index contributed by atoms with van der Waals surface area (Å²) >= 11 is 0. The number of nitrogens with one attached hydrogen (secondary N) is 1. The number of methoxy groups -OCH3 is 1. The zero-order chi connectivity index (χ0) is 13.8. The third-order valence-electron chi connectivity index (χ3n) is 2.02. The molecule has 4 nitrogen and oxygen atoms in total. The maximum absolute atomic E-state index is 12.0. The van der Waals surface area contributed by atoms with Crippen molar-refractivity contribution in [3.8, 4) is 5.75 Å². The third-order valence-corrected chi connectivity index (χ3v) is 2.02. The zero-order valence-electron chi connectivity index (χ0n) is 9.38. The van der Waals surface area contributed by atoms with Crippen LogP contribution in [0.15, 0.2) is 18.2 Å². The third kappa shape index (κ3) is 4.08. The summed E-state index contributed by atoms with van der Waals surface area (Å²) in [5.74, 6) is -0.860. The topological polar surface area (TPSA) is 55.4 Å². The summed E-state index contributed by atoms with van der Waals surface area (Å²) in [6.07, 6.45) is -5.76. The van der Waals surface area contributed by atoms with Crippen LogP contribution in [-0.4, -0.2) is 25.5 Å². The molecule has 0 saturated carbocycles. The molecular weight excluding hydrogens is 251 g/mol. The highest BCUT2D eigenvalue weighted by Gasteiger charge is 2.31. The number of amides is 1. The molecule has 18 heavy (non-hydrogen) atoms. The lowest BCUT2D eigenvalue weighted by atomic mass is 10.2. The van der Waals surface area contributed by atoms with Gasteiger partial charge in [0.25, 0.3) is 0 Å². The Kier molecular flexibility index (Phi) is 4.30. The highest BCUT2D eigenvalue weighted by atomic mass is 19.4. The summed E-state index contributed by atoms with van der Waals surface area (Å²) < 4.78 is 40.7. The summed E-state index contributed by atoms with van der Waals surface area (Å²) in [5, 5.41) is 2.02.